The molecule has 4 amide bonds. The maximum atomic E-state index is 13.7. The molecule has 0 spiro atoms. The van der Waals surface area contributed by atoms with E-state index in [2.05, 4.69) is 5.32 Å². The van der Waals surface area contributed by atoms with Crippen LogP contribution in [0, 0.1) is 0 Å². The summed E-state index contributed by atoms with van der Waals surface area (Å²) in [5.41, 5.74) is 2.42. The zero-order valence-corrected chi connectivity index (χ0v) is 22.7. The highest BCUT2D eigenvalue weighted by molar-refractivity contribution is 6.31. The van der Waals surface area contributed by atoms with Gasteiger partial charge in [-0.05, 0) is 42.2 Å². The average molecular weight is 546 g/mol. The third kappa shape index (κ3) is 6.73. The number of benzene rings is 3. The molecule has 0 aliphatic carbocycles. The predicted octanol–water partition coefficient (Wildman–Crippen LogP) is 4.88. The molecule has 4 rings (SSSR count). The van der Waals surface area contributed by atoms with E-state index in [1.54, 1.807) is 35.2 Å². The maximum absolute atomic E-state index is 13.7. The minimum absolute atomic E-state index is 0.0597. The maximum Gasteiger partial charge on any atom is 0.261 e. The minimum atomic E-state index is -0.762. The van der Waals surface area contributed by atoms with Gasteiger partial charge in [0.2, 0.25) is 11.8 Å². The molecule has 202 valence electrons. The molecule has 1 atom stereocenters. The molecule has 0 radical (unpaired) electrons. The molecule has 3 aromatic rings. The van der Waals surface area contributed by atoms with Gasteiger partial charge < -0.3 is 10.2 Å². The molecule has 3 aromatic carbocycles. The monoisotopic (exact) mass is 545 g/mol. The Morgan fingerprint density at radius 1 is 0.897 bits per heavy atom. The van der Waals surface area contributed by atoms with Crippen LogP contribution in [-0.2, 0) is 22.6 Å². The van der Waals surface area contributed by atoms with Gasteiger partial charge in [-0.25, -0.2) is 0 Å². The van der Waals surface area contributed by atoms with E-state index in [9.17, 15) is 19.2 Å². The van der Waals surface area contributed by atoms with Gasteiger partial charge >= 0.3 is 0 Å². The van der Waals surface area contributed by atoms with Crippen molar-refractivity contribution >= 4 is 35.2 Å². The van der Waals surface area contributed by atoms with Crippen molar-refractivity contribution in [2.24, 2.45) is 0 Å². The summed E-state index contributed by atoms with van der Waals surface area (Å²) < 4.78 is 0. The van der Waals surface area contributed by atoms with Crippen LogP contribution in [0.3, 0.4) is 0 Å². The van der Waals surface area contributed by atoms with E-state index < -0.39 is 6.04 Å². The second-order valence-corrected chi connectivity index (χ2v) is 9.93. The van der Waals surface area contributed by atoms with Gasteiger partial charge in [-0.1, -0.05) is 79.2 Å². The highest BCUT2D eigenvalue weighted by atomic mass is 35.5. The average Bonchev–Trinajstić information content (AvgIpc) is 3.20. The molecule has 0 saturated heterocycles. The lowest BCUT2D eigenvalue weighted by Gasteiger charge is -2.32. The first-order valence-corrected chi connectivity index (χ1v) is 13.6. The predicted molar refractivity (Wildman–Crippen MR) is 150 cm³/mol. The standard InChI is InChI=1S/C31H32ClN3O4/c1-2-18-33-29(37)27(20-22-11-4-3-5-12-22)35(21-23-13-6-9-16-26(23)32)28(36)17-10-19-34-30(38)24-14-7-8-15-25(24)31(34)39/h3-9,11-16,27H,2,10,17-21H2,1H3,(H,33,37). The van der Waals surface area contributed by atoms with Crippen LogP contribution in [0.4, 0.5) is 0 Å². The van der Waals surface area contributed by atoms with Crippen molar-refractivity contribution in [1.82, 2.24) is 15.1 Å². The van der Waals surface area contributed by atoms with Gasteiger partial charge in [-0.15, -0.1) is 0 Å². The Kier molecular flexibility index (Phi) is 9.49. The Morgan fingerprint density at radius 2 is 1.51 bits per heavy atom. The summed E-state index contributed by atoms with van der Waals surface area (Å²) in [7, 11) is 0. The van der Waals surface area contributed by atoms with Gasteiger partial charge in [0.15, 0.2) is 0 Å². The second-order valence-electron chi connectivity index (χ2n) is 9.52. The summed E-state index contributed by atoms with van der Waals surface area (Å²) in [4.78, 5) is 55.4. The molecule has 1 aliphatic rings. The number of hydrogen-bond donors (Lipinski definition) is 1. The Hall–Kier alpha value is -3.97. The number of nitrogens with one attached hydrogen (secondary N) is 1. The lowest BCUT2D eigenvalue weighted by molar-refractivity contribution is -0.141. The summed E-state index contributed by atoms with van der Waals surface area (Å²) >= 11 is 6.45. The lowest BCUT2D eigenvalue weighted by atomic mass is 10.0. The Balaban J connectivity index is 1.54. The van der Waals surface area contributed by atoms with E-state index in [-0.39, 0.29) is 49.6 Å². The topological polar surface area (TPSA) is 86.8 Å². The quantitative estimate of drug-likeness (QED) is 0.329. The first-order chi connectivity index (χ1) is 18.9. The molecule has 1 N–H and O–H groups in total. The molecule has 1 aliphatic heterocycles. The van der Waals surface area contributed by atoms with Crippen LogP contribution in [0.5, 0.6) is 0 Å². The van der Waals surface area contributed by atoms with Crippen molar-refractivity contribution in [3.8, 4) is 0 Å². The minimum Gasteiger partial charge on any atom is -0.354 e. The van der Waals surface area contributed by atoms with E-state index in [0.29, 0.717) is 29.1 Å². The Bertz CT molecular complexity index is 1310. The first kappa shape index (κ1) is 28.0. The number of fused-ring (bicyclic) bond motifs is 1. The molecule has 0 fully saturated rings. The van der Waals surface area contributed by atoms with Crippen LogP contribution in [-0.4, -0.2) is 52.6 Å². The molecule has 1 heterocycles. The van der Waals surface area contributed by atoms with Gasteiger partial charge in [0.05, 0.1) is 11.1 Å². The fourth-order valence-corrected chi connectivity index (χ4v) is 4.90. The van der Waals surface area contributed by atoms with E-state index in [0.717, 1.165) is 17.5 Å². The molecule has 39 heavy (non-hydrogen) atoms. The molecule has 1 unspecified atom stereocenters. The Labute approximate surface area is 233 Å². The van der Waals surface area contributed by atoms with Gasteiger partial charge in [-0.2, -0.15) is 0 Å². The summed E-state index contributed by atoms with van der Waals surface area (Å²) in [5.74, 6) is -1.19. The number of halogens is 1. The zero-order chi connectivity index (χ0) is 27.8. The lowest BCUT2D eigenvalue weighted by Crippen LogP contribution is -2.50. The molecule has 7 nitrogen and oxygen atoms in total. The van der Waals surface area contributed by atoms with Gasteiger partial charge in [0.1, 0.15) is 6.04 Å². The van der Waals surface area contributed by atoms with Crippen molar-refractivity contribution in [3.05, 3.63) is 106 Å². The van der Waals surface area contributed by atoms with E-state index in [1.165, 1.54) is 4.90 Å². The molecule has 0 saturated carbocycles. The fourth-order valence-electron chi connectivity index (χ4n) is 4.70. The molecule has 0 bridgehead atoms. The summed E-state index contributed by atoms with van der Waals surface area (Å²) in [6.45, 7) is 2.74. The van der Waals surface area contributed by atoms with Crippen molar-refractivity contribution < 1.29 is 19.2 Å². The number of rotatable bonds is 12. The summed E-state index contributed by atoms with van der Waals surface area (Å²) in [5, 5.41) is 3.46. The second kappa shape index (κ2) is 13.2. The van der Waals surface area contributed by atoms with Gasteiger partial charge in [-0.3, -0.25) is 24.1 Å². The third-order valence-electron chi connectivity index (χ3n) is 6.77. The summed E-state index contributed by atoms with van der Waals surface area (Å²) in [6.07, 6.45) is 1.44. The largest absolute Gasteiger partial charge is 0.354 e. The SMILES string of the molecule is CCCNC(=O)C(Cc1ccccc1)N(Cc1ccccc1Cl)C(=O)CCCN1C(=O)c2ccccc2C1=O. The molecule has 0 aromatic heterocycles. The first-order valence-electron chi connectivity index (χ1n) is 13.2. The highest BCUT2D eigenvalue weighted by Crippen LogP contribution is 2.24. The van der Waals surface area contributed by atoms with E-state index >= 15 is 0 Å². The normalized spacial score (nSPS) is 13.2. The molecule has 8 heteroatoms. The van der Waals surface area contributed by atoms with Crippen LogP contribution in [0.2, 0.25) is 5.02 Å². The third-order valence-corrected chi connectivity index (χ3v) is 7.14. The summed E-state index contributed by atoms with van der Waals surface area (Å²) in [6, 6.07) is 22.8. The molecular formula is C31H32ClN3O4. The Morgan fingerprint density at radius 3 is 2.15 bits per heavy atom. The van der Waals surface area contributed by atoms with Gasteiger partial charge in [0.25, 0.3) is 11.8 Å². The number of carbonyl (C=O) groups is 4. The van der Waals surface area contributed by atoms with Crippen LogP contribution in [0.15, 0.2) is 78.9 Å². The van der Waals surface area contributed by atoms with Crippen LogP contribution in [0.1, 0.15) is 58.0 Å². The number of carbonyl (C=O) groups excluding carboxylic acids is 4. The van der Waals surface area contributed by atoms with Crippen molar-refractivity contribution in [3.63, 3.8) is 0 Å². The number of imide groups is 1. The van der Waals surface area contributed by atoms with Crippen LogP contribution < -0.4 is 5.32 Å². The number of amides is 4. The smallest absolute Gasteiger partial charge is 0.261 e. The van der Waals surface area contributed by atoms with E-state index in [4.69, 9.17) is 11.6 Å². The van der Waals surface area contributed by atoms with Crippen LogP contribution >= 0.6 is 11.6 Å². The van der Waals surface area contributed by atoms with Crippen LogP contribution in [0.25, 0.3) is 0 Å². The zero-order valence-electron chi connectivity index (χ0n) is 21.9. The fraction of sp³-hybridized carbons (Fsp3) is 0.290. The molecular weight excluding hydrogens is 514 g/mol. The van der Waals surface area contributed by atoms with Gasteiger partial charge in [0, 0.05) is 37.5 Å². The number of hydrogen-bond acceptors (Lipinski definition) is 4. The van der Waals surface area contributed by atoms with Crippen molar-refractivity contribution in [1.29, 1.82) is 0 Å². The van der Waals surface area contributed by atoms with Crippen molar-refractivity contribution in [2.75, 3.05) is 13.1 Å². The van der Waals surface area contributed by atoms with Crippen molar-refractivity contribution in [2.45, 2.75) is 45.2 Å². The number of nitrogens with zero attached hydrogens (tertiary/aromatic N) is 2. The highest BCUT2D eigenvalue weighted by Gasteiger charge is 2.35. The van der Waals surface area contributed by atoms with E-state index in [1.807, 2.05) is 55.5 Å².